The van der Waals surface area contributed by atoms with Crippen LogP contribution in [0.15, 0.2) is 11.4 Å². The average molecular weight is 156 g/mol. The number of aliphatic hydroxyl groups is 1. The maximum absolute atomic E-state index is 8.87. The second-order valence-electron chi connectivity index (χ2n) is 2.61. The molecular formula is C8H12OS. The summed E-state index contributed by atoms with van der Waals surface area (Å²) in [4.78, 5) is 1.11. The Balaban J connectivity index is 2.90. The Kier molecular flexibility index (Phi) is 2.46. The Labute approximate surface area is 65.3 Å². The van der Waals surface area contributed by atoms with E-state index in [0.29, 0.717) is 5.92 Å². The lowest BCUT2D eigenvalue weighted by molar-refractivity contribution is 0.284. The van der Waals surface area contributed by atoms with Crippen molar-refractivity contribution in [3.63, 3.8) is 0 Å². The van der Waals surface area contributed by atoms with Gasteiger partial charge in [0.1, 0.15) is 0 Å². The van der Waals surface area contributed by atoms with Crippen LogP contribution in [0.2, 0.25) is 0 Å². The summed E-state index contributed by atoms with van der Waals surface area (Å²) in [5.74, 6) is 0.536. The molecule has 0 fully saturated rings. The van der Waals surface area contributed by atoms with Crippen molar-refractivity contribution in [1.82, 2.24) is 0 Å². The monoisotopic (exact) mass is 156 g/mol. The van der Waals surface area contributed by atoms with E-state index in [1.165, 1.54) is 5.56 Å². The van der Waals surface area contributed by atoms with Crippen molar-refractivity contribution in [1.29, 1.82) is 0 Å². The molecule has 0 aliphatic rings. The van der Waals surface area contributed by atoms with Gasteiger partial charge in [-0.05, 0) is 22.9 Å². The molecule has 0 atom stereocenters. The molecule has 1 heterocycles. The van der Waals surface area contributed by atoms with Crippen molar-refractivity contribution in [2.24, 2.45) is 0 Å². The minimum atomic E-state index is 0.186. The Morgan fingerprint density at radius 2 is 2.30 bits per heavy atom. The largest absolute Gasteiger partial charge is 0.391 e. The van der Waals surface area contributed by atoms with Crippen LogP contribution in [0.3, 0.4) is 0 Å². The van der Waals surface area contributed by atoms with Crippen molar-refractivity contribution in [3.05, 3.63) is 21.9 Å². The molecule has 0 radical (unpaired) electrons. The van der Waals surface area contributed by atoms with Crippen LogP contribution in [-0.4, -0.2) is 5.11 Å². The molecule has 0 saturated heterocycles. The molecule has 0 aromatic carbocycles. The van der Waals surface area contributed by atoms with Crippen LogP contribution in [0.25, 0.3) is 0 Å². The summed E-state index contributed by atoms with van der Waals surface area (Å²) in [7, 11) is 0. The molecule has 10 heavy (non-hydrogen) atoms. The van der Waals surface area contributed by atoms with Gasteiger partial charge in [-0.15, -0.1) is 11.3 Å². The lowest BCUT2D eigenvalue weighted by Crippen LogP contribution is -1.89. The molecule has 1 nitrogen and oxygen atoms in total. The van der Waals surface area contributed by atoms with Crippen molar-refractivity contribution in [2.75, 3.05) is 0 Å². The van der Waals surface area contributed by atoms with Crippen LogP contribution in [0, 0.1) is 0 Å². The summed E-state index contributed by atoms with van der Waals surface area (Å²) in [6.07, 6.45) is 0. The highest BCUT2D eigenvalue weighted by molar-refractivity contribution is 7.10. The molecule has 1 aromatic heterocycles. The normalized spacial score (nSPS) is 10.8. The van der Waals surface area contributed by atoms with Gasteiger partial charge in [0, 0.05) is 4.88 Å². The number of hydrogen-bond acceptors (Lipinski definition) is 2. The van der Waals surface area contributed by atoms with Gasteiger partial charge in [0.15, 0.2) is 0 Å². The number of aliphatic hydroxyl groups excluding tert-OH is 1. The standard InChI is InChI=1S/C8H12OS/c1-6(2)7-3-4-10-8(7)5-9/h3-4,6,9H,5H2,1-2H3. The fourth-order valence-corrected chi connectivity index (χ4v) is 1.89. The number of thiophene rings is 1. The Morgan fingerprint density at radius 1 is 1.60 bits per heavy atom. The summed E-state index contributed by atoms with van der Waals surface area (Å²) in [6.45, 7) is 4.47. The molecule has 0 aliphatic heterocycles. The highest BCUT2D eigenvalue weighted by Gasteiger charge is 2.05. The van der Waals surface area contributed by atoms with E-state index in [4.69, 9.17) is 5.11 Å². The zero-order valence-corrected chi connectivity index (χ0v) is 7.11. The zero-order chi connectivity index (χ0) is 7.56. The molecule has 56 valence electrons. The van der Waals surface area contributed by atoms with Crippen LogP contribution in [0.1, 0.15) is 30.2 Å². The Bertz CT molecular complexity index is 203. The minimum absolute atomic E-state index is 0.186. The lowest BCUT2D eigenvalue weighted by atomic mass is 10.1. The molecule has 0 saturated carbocycles. The maximum atomic E-state index is 8.87. The highest BCUT2D eigenvalue weighted by Crippen LogP contribution is 2.23. The molecular weight excluding hydrogens is 144 g/mol. The smallest absolute Gasteiger partial charge is 0.0777 e. The van der Waals surface area contributed by atoms with Crippen molar-refractivity contribution in [2.45, 2.75) is 26.4 Å². The fraction of sp³-hybridized carbons (Fsp3) is 0.500. The van der Waals surface area contributed by atoms with Gasteiger partial charge in [-0.3, -0.25) is 0 Å². The maximum Gasteiger partial charge on any atom is 0.0777 e. The van der Waals surface area contributed by atoms with E-state index >= 15 is 0 Å². The van der Waals surface area contributed by atoms with E-state index < -0.39 is 0 Å². The van der Waals surface area contributed by atoms with Crippen LogP contribution in [-0.2, 0) is 6.61 Å². The summed E-state index contributed by atoms with van der Waals surface area (Å²) in [5.41, 5.74) is 1.28. The van der Waals surface area contributed by atoms with Crippen molar-refractivity contribution >= 4 is 11.3 Å². The van der Waals surface area contributed by atoms with Crippen LogP contribution >= 0.6 is 11.3 Å². The SMILES string of the molecule is CC(C)c1ccsc1CO. The fourth-order valence-electron chi connectivity index (χ4n) is 0.993. The summed E-state index contributed by atoms with van der Waals surface area (Å²) >= 11 is 1.63. The topological polar surface area (TPSA) is 20.2 Å². The average Bonchev–Trinajstić information content (AvgIpc) is 2.33. The second kappa shape index (κ2) is 3.17. The van der Waals surface area contributed by atoms with Crippen LogP contribution in [0.5, 0.6) is 0 Å². The first-order valence-electron chi connectivity index (χ1n) is 3.42. The molecule has 0 bridgehead atoms. The number of rotatable bonds is 2. The first kappa shape index (κ1) is 7.76. The Hall–Kier alpha value is -0.340. The van der Waals surface area contributed by atoms with Crippen LogP contribution in [0.4, 0.5) is 0 Å². The molecule has 1 aromatic rings. The summed E-state index contributed by atoms with van der Waals surface area (Å²) in [6, 6.07) is 2.08. The quantitative estimate of drug-likeness (QED) is 0.697. The van der Waals surface area contributed by atoms with Gasteiger partial charge in [-0.1, -0.05) is 13.8 Å². The number of hydrogen-bond donors (Lipinski definition) is 1. The van der Waals surface area contributed by atoms with E-state index in [2.05, 4.69) is 19.9 Å². The minimum Gasteiger partial charge on any atom is -0.391 e. The molecule has 0 unspecified atom stereocenters. The van der Waals surface area contributed by atoms with Gasteiger partial charge in [-0.25, -0.2) is 0 Å². The summed E-state index contributed by atoms with van der Waals surface area (Å²) in [5, 5.41) is 10.9. The molecule has 0 spiro atoms. The third-order valence-electron chi connectivity index (χ3n) is 1.55. The summed E-state index contributed by atoms with van der Waals surface area (Å²) < 4.78 is 0. The molecule has 1 N–H and O–H groups in total. The van der Waals surface area contributed by atoms with E-state index in [0.717, 1.165) is 4.88 Å². The lowest BCUT2D eigenvalue weighted by Gasteiger charge is -2.02. The predicted octanol–water partition coefficient (Wildman–Crippen LogP) is 2.36. The highest BCUT2D eigenvalue weighted by atomic mass is 32.1. The predicted molar refractivity (Wildman–Crippen MR) is 44.3 cm³/mol. The molecule has 1 rings (SSSR count). The van der Waals surface area contributed by atoms with E-state index in [1.807, 2.05) is 5.38 Å². The second-order valence-corrected chi connectivity index (χ2v) is 3.61. The molecule has 2 heteroatoms. The third kappa shape index (κ3) is 1.39. The van der Waals surface area contributed by atoms with Gasteiger partial charge in [0.2, 0.25) is 0 Å². The van der Waals surface area contributed by atoms with Gasteiger partial charge >= 0.3 is 0 Å². The van der Waals surface area contributed by atoms with Crippen molar-refractivity contribution in [3.8, 4) is 0 Å². The van der Waals surface area contributed by atoms with E-state index in [9.17, 15) is 0 Å². The van der Waals surface area contributed by atoms with Crippen molar-refractivity contribution < 1.29 is 5.11 Å². The third-order valence-corrected chi connectivity index (χ3v) is 2.47. The molecule has 0 amide bonds. The first-order chi connectivity index (χ1) is 4.75. The van der Waals surface area contributed by atoms with E-state index in [1.54, 1.807) is 11.3 Å². The van der Waals surface area contributed by atoms with E-state index in [-0.39, 0.29) is 6.61 Å². The molecule has 0 aliphatic carbocycles. The van der Waals surface area contributed by atoms with Gasteiger partial charge < -0.3 is 5.11 Å². The first-order valence-corrected chi connectivity index (χ1v) is 4.30. The zero-order valence-electron chi connectivity index (χ0n) is 6.29. The van der Waals surface area contributed by atoms with Crippen LogP contribution < -0.4 is 0 Å². The van der Waals surface area contributed by atoms with Gasteiger partial charge in [0.25, 0.3) is 0 Å². The van der Waals surface area contributed by atoms with Gasteiger partial charge in [0.05, 0.1) is 6.61 Å². The Morgan fingerprint density at radius 3 is 2.70 bits per heavy atom. The van der Waals surface area contributed by atoms with Gasteiger partial charge in [-0.2, -0.15) is 0 Å².